The Morgan fingerprint density at radius 1 is 1.06 bits per heavy atom. The summed E-state index contributed by atoms with van der Waals surface area (Å²) in [5.41, 5.74) is 2.39. The lowest BCUT2D eigenvalue weighted by Gasteiger charge is -2.12. The van der Waals surface area contributed by atoms with Crippen LogP contribution in [-0.2, 0) is 16.6 Å². The Bertz CT molecular complexity index is 1590. The van der Waals surface area contributed by atoms with E-state index in [1.54, 1.807) is 35.8 Å². The van der Waals surface area contributed by atoms with Gasteiger partial charge in [-0.25, -0.2) is 8.42 Å². The third-order valence-corrected chi connectivity index (χ3v) is 6.96. The summed E-state index contributed by atoms with van der Waals surface area (Å²) >= 11 is 0. The average molecular weight is 494 g/mol. The van der Waals surface area contributed by atoms with Gasteiger partial charge in [0.15, 0.2) is 5.69 Å². The van der Waals surface area contributed by atoms with Crippen molar-refractivity contribution in [1.82, 2.24) is 4.57 Å². The molecule has 11 heteroatoms. The molecule has 1 heterocycles. The molecule has 0 aliphatic carbocycles. The normalized spacial score (nSPS) is 11.9. The lowest BCUT2D eigenvalue weighted by atomic mass is 10.1. The van der Waals surface area contributed by atoms with Crippen molar-refractivity contribution in [1.29, 1.82) is 0 Å². The second kappa shape index (κ2) is 9.18. The van der Waals surface area contributed by atoms with Gasteiger partial charge < -0.3 is 9.67 Å². The van der Waals surface area contributed by atoms with Crippen LogP contribution in [0.5, 0.6) is 5.88 Å². The number of nitrogens with zero attached hydrogens (tertiary/aromatic N) is 4. The number of nitro groups is 1. The van der Waals surface area contributed by atoms with Gasteiger partial charge in [-0.15, -0.1) is 10.2 Å². The largest absolute Gasteiger partial charge is 0.493 e. The van der Waals surface area contributed by atoms with Gasteiger partial charge in [0.1, 0.15) is 10.6 Å². The predicted molar refractivity (Wildman–Crippen MR) is 133 cm³/mol. The molecule has 4 rings (SSSR count). The highest BCUT2D eigenvalue weighted by molar-refractivity contribution is 7.92. The molecule has 0 spiro atoms. The van der Waals surface area contributed by atoms with Crippen molar-refractivity contribution in [2.24, 2.45) is 10.2 Å². The van der Waals surface area contributed by atoms with Crippen molar-refractivity contribution in [2.45, 2.75) is 32.2 Å². The Kier molecular flexibility index (Phi) is 6.27. The van der Waals surface area contributed by atoms with Gasteiger partial charge in [-0.05, 0) is 44.5 Å². The number of para-hydroxylation sites is 1. The van der Waals surface area contributed by atoms with Crippen LogP contribution in [0.15, 0.2) is 75.8 Å². The van der Waals surface area contributed by atoms with Crippen molar-refractivity contribution < 1.29 is 18.4 Å². The van der Waals surface area contributed by atoms with Crippen LogP contribution >= 0.6 is 0 Å². The van der Waals surface area contributed by atoms with Gasteiger partial charge in [0.2, 0.25) is 5.88 Å². The number of azo groups is 1. The molecule has 1 aromatic heterocycles. The number of nitrogens with one attached hydrogen (secondary N) is 1. The monoisotopic (exact) mass is 493 g/mol. The Hall–Kier alpha value is -4.25. The molecular weight excluding hydrogens is 470 g/mol. The lowest BCUT2D eigenvalue weighted by Crippen LogP contribution is -2.14. The van der Waals surface area contributed by atoms with Gasteiger partial charge in [0.05, 0.1) is 16.1 Å². The number of hydrogen-bond acceptors (Lipinski definition) is 7. The fraction of sp³-hybridized carbons (Fsp3) is 0.167. The second-order valence-corrected chi connectivity index (χ2v) is 9.62. The fourth-order valence-electron chi connectivity index (χ4n) is 3.84. The summed E-state index contributed by atoms with van der Waals surface area (Å²) in [4.78, 5) is 10.3. The van der Waals surface area contributed by atoms with E-state index in [1.807, 2.05) is 32.0 Å². The number of aromatic nitrogens is 1. The molecule has 2 N–H and O–H groups in total. The van der Waals surface area contributed by atoms with E-state index in [-0.39, 0.29) is 17.3 Å². The molecule has 0 bridgehead atoms. The van der Waals surface area contributed by atoms with Gasteiger partial charge >= 0.3 is 0 Å². The lowest BCUT2D eigenvalue weighted by molar-refractivity contribution is -0.385. The van der Waals surface area contributed by atoms with Crippen molar-refractivity contribution >= 4 is 43.7 Å². The standard InChI is InChI=1S/C24H23N5O5S/c1-4-28-21-8-6-5-7-18(21)23(24(28)30)26-25-20-12-10-17(29(31)32)14-22(20)35(33,34)27-19-11-9-15(2)13-16(19)3/h5-14,27,30H,4H2,1-3H3. The average Bonchev–Trinajstić information content (AvgIpc) is 3.09. The highest BCUT2D eigenvalue weighted by Gasteiger charge is 2.24. The van der Waals surface area contributed by atoms with Crippen LogP contribution < -0.4 is 4.72 Å². The highest BCUT2D eigenvalue weighted by Crippen LogP contribution is 2.40. The first-order valence-corrected chi connectivity index (χ1v) is 12.2. The maximum atomic E-state index is 13.3. The summed E-state index contributed by atoms with van der Waals surface area (Å²) in [5.74, 6) is -0.114. The molecule has 35 heavy (non-hydrogen) atoms. The molecule has 180 valence electrons. The Morgan fingerprint density at radius 2 is 1.80 bits per heavy atom. The highest BCUT2D eigenvalue weighted by atomic mass is 32.2. The van der Waals surface area contributed by atoms with E-state index in [0.29, 0.717) is 23.2 Å². The summed E-state index contributed by atoms with van der Waals surface area (Å²) in [5, 5.41) is 30.9. The number of sulfonamides is 1. The first-order valence-electron chi connectivity index (χ1n) is 10.7. The van der Waals surface area contributed by atoms with E-state index in [1.165, 1.54) is 6.07 Å². The van der Waals surface area contributed by atoms with Crippen LogP contribution in [0.2, 0.25) is 0 Å². The maximum Gasteiger partial charge on any atom is 0.270 e. The van der Waals surface area contributed by atoms with E-state index in [4.69, 9.17) is 0 Å². The smallest absolute Gasteiger partial charge is 0.270 e. The number of fused-ring (bicyclic) bond motifs is 1. The summed E-state index contributed by atoms with van der Waals surface area (Å²) in [7, 11) is -4.27. The third-order valence-electron chi connectivity index (χ3n) is 5.56. The molecule has 4 aromatic rings. The van der Waals surface area contributed by atoms with Crippen LogP contribution in [0, 0.1) is 24.0 Å². The minimum Gasteiger partial charge on any atom is -0.493 e. The Balaban J connectivity index is 1.83. The number of nitro benzene ring substituents is 1. The summed E-state index contributed by atoms with van der Waals surface area (Å²) in [6.07, 6.45) is 0. The zero-order chi connectivity index (χ0) is 25.3. The van der Waals surface area contributed by atoms with Crippen LogP contribution in [-0.4, -0.2) is 23.0 Å². The van der Waals surface area contributed by atoms with Gasteiger partial charge in [-0.3, -0.25) is 14.8 Å². The van der Waals surface area contributed by atoms with Crippen molar-refractivity contribution in [3.63, 3.8) is 0 Å². The SMILES string of the molecule is CCn1c(O)c(N=Nc2ccc([N+](=O)[O-])cc2S(=O)(=O)Nc2ccc(C)cc2C)c2ccccc21. The molecule has 0 saturated heterocycles. The number of aromatic hydroxyl groups is 1. The van der Waals surface area contributed by atoms with Crippen molar-refractivity contribution in [3.8, 4) is 5.88 Å². The molecule has 0 fully saturated rings. The molecule has 0 amide bonds. The third kappa shape index (κ3) is 4.58. The van der Waals surface area contributed by atoms with Gasteiger partial charge in [-0.1, -0.05) is 35.9 Å². The Morgan fingerprint density at radius 3 is 2.49 bits per heavy atom. The number of hydrogen-bond donors (Lipinski definition) is 2. The molecule has 3 aromatic carbocycles. The van der Waals surface area contributed by atoms with Gasteiger partial charge in [0, 0.05) is 24.1 Å². The van der Waals surface area contributed by atoms with Gasteiger partial charge in [0.25, 0.3) is 15.7 Å². The van der Waals surface area contributed by atoms with Crippen molar-refractivity contribution in [3.05, 3.63) is 81.9 Å². The van der Waals surface area contributed by atoms with Crippen LogP contribution in [0.3, 0.4) is 0 Å². The molecule has 0 aliphatic rings. The summed E-state index contributed by atoms with van der Waals surface area (Å²) < 4.78 is 30.7. The molecular formula is C24H23N5O5S. The van der Waals surface area contributed by atoms with E-state index in [2.05, 4.69) is 15.0 Å². The minimum atomic E-state index is -4.27. The maximum absolute atomic E-state index is 13.3. The Labute approximate surface area is 201 Å². The number of anilines is 1. The number of aryl methyl sites for hydroxylation is 3. The molecule has 0 aliphatic heterocycles. The van der Waals surface area contributed by atoms with Crippen LogP contribution in [0.25, 0.3) is 10.9 Å². The van der Waals surface area contributed by atoms with E-state index in [9.17, 15) is 23.6 Å². The second-order valence-electron chi connectivity index (χ2n) is 7.97. The molecule has 0 unspecified atom stereocenters. The molecule has 10 nitrogen and oxygen atoms in total. The zero-order valence-corrected chi connectivity index (χ0v) is 20.1. The topological polar surface area (TPSA) is 139 Å². The first-order chi connectivity index (χ1) is 16.6. The van der Waals surface area contributed by atoms with Crippen LogP contribution in [0.4, 0.5) is 22.7 Å². The molecule has 0 saturated carbocycles. The van der Waals surface area contributed by atoms with Crippen molar-refractivity contribution in [2.75, 3.05) is 4.72 Å². The van der Waals surface area contributed by atoms with E-state index in [0.717, 1.165) is 23.2 Å². The number of rotatable bonds is 7. The number of non-ortho nitro benzene ring substituents is 1. The van der Waals surface area contributed by atoms with Crippen LogP contribution in [0.1, 0.15) is 18.1 Å². The number of benzene rings is 3. The van der Waals surface area contributed by atoms with Gasteiger partial charge in [-0.2, -0.15) is 0 Å². The molecule has 0 radical (unpaired) electrons. The quantitative estimate of drug-likeness (QED) is 0.182. The zero-order valence-electron chi connectivity index (χ0n) is 19.3. The van der Waals surface area contributed by atoms with E-state index >= 15 is 0 Å². The molecule has 0 atom stereocenters. The fourth-order valence-corrected chi connectivity index (χ4v) is 5.12. The summed E-state index contributed by atoms with van der Waals surface area (Å²) in [6, 6.07) is 15.7. The van der Waals surface area contributed by atoms with E-state index < -0.39 is 25.5 Å². The first kappa shape index (κ1) is 23.9. The predicted octanol–water partition coefficient (Wildman–Crippen LogP) is 6.11. The summed E-state index contributed by atoms with van der Waals surface area (Å²) in [6.45, 7) is 5.99. The minimum absolute atomic E-state index is 0.111.